The molecular formula is C32H34N2O3. The third-order valence-electron chi connectivity index (χ3n) is 7.22. The molecule has 190 valence electrons. The number of carbonyl (C=O) groups is 2. The Labute approximate surface area is 219 Å². The van der Waals surface area contributed by atoms with E-state index in [-0.39, 0.29) is 17.1 Å². The Morgan fingerprint density at radius 1 is 1.00 bits per heavy atom. The summed E-state index contributed by atoms with van der Waals surface area (Å²) in [6.45, 7) is 6.99. The van der Waals surface area contributed by atoms with Gasteiger partial charge in [-0.3, -0.25) is 19.5 Å². The maximum Gasteiger partial charge on any atom is 0.258 e. The quantitative estimate of drug-likeness (QED) is 0.337. The fraction of sp³-hybridized carbons (Fsp3) is 0.344. The maximum absolute atomic E-state index is 14.2. The minimum absolute atomic E-state index is 0.121. The van der Waals surface area contributed by atoms with Gasteiger partial charge in [-0.15, -0.1) is 0 Å². The number of hydrogen-bond acceptors (Lipinski definition) is 4. The van der Waals surface area contributed by atoms with Crippen molar-refractivity contribution >= 4 is 28.8 Å². The number of ether oxygens (including phenoxy) is 1. The Morgan fingerprint density at radius 3 is 2.54 bits per heavy atom. The highest BCUT2D eigenvalue weighted by molar-refractivity contribution is 6.15. The lowest BCUT2D eigenvalue weighted by molar-refractivity contribution is -0.124. The summed E-state index contributed by atoms with van der Waals surface area (Å²) in [7, 11) is 0. The van der Waals surface area contributed by atoms with Gasteiger partial charge in [-0.05, 0) is 60.2 Å². The van der Waals surface area contributed by atoms with Crippen molar-refractivity contribution in [2.45, 2.75) is 52.5 Å². The smallest absolute Gasteiger partial charge is 0.258 e. The number of rotatable bonds is 6. The van der Waals surface area contributed by atoms with E-state index in [9.17, 15) is 9.59 Å². The van der Waals surface area contributed by atoms with E-state index in [1.807, 2.05) is 78.9 Å². The lowest BCUT2D eigenvalue weighted by atomic mass is 9.68. The van der Waals surface area contributed by atoms with Gasteiger partial charge in [-0.1, -0.05) is 69.7 Å². The first-order valence-electron chi connectivity index (χ1n) is 13.2. The van der Waals surface area contributed by atoms with E-state index in [1.54, 1.807) is 4.90 Å². The second kappa shape index (κ2) is 10.3. The number of benzene rings is 3. The normalized spacial score (nSPS) is 20.4. The molecule has 3 aromatic carbocycles. The summed E-state index contributed by atoms with van der Waals surface area (Å²) in [5.41, 5.74) is 3.54. The van der Waals surface area contributed by atoms with Crippen LogP contribution in [0.3, 0.4) is 0 Å². The molecule has 0 spiro atoms. The van der Waals surface area contributed by atoms with Crippen molar-refractivity contribution in [1.29, 1.82) is 0 Å². The predicted molar refractivity (Wildman–Crippen MR) is 148 cm³/mol. The van der Waals surface area contributed by atoms with Crippen LogP contribution in [0.15, 0.2) is 83.9 Å². The third kappa shape index (κ3) is 5.08. The molecule has 1 aliphatic heterocycles. The second-order valence-electron chi connectivity index (χ2n) is 10.8. The molecule has 1 fully saturated rings. The van der Waals surface area contributed by atoms with Gasteiger partial charge in [0.25, 0.3) is 5.91 Å². The van der Waals surface area contributed by atoms with E-state index in [0.717, 1.165) is 35.6 Å². The zero-order chi connectivity index (χ0) is 26.0. The van der Waals surface area contributed by atoms with Crippen molar-refractivity contribution in [1.82, 2.24) is 0 Å². The van der Waals surface area contributed by atoms with Crippen LogP contribution in [0.1, 0.15) is 68.4 Å². The summed E-state index contributed by atoms with van der Waals surface area (Å²) in [5.74, 6) is 0.192. The van der Waals surface area contributed by atoms with Crippen LogP contribution in [0, 0.1) is 11.3 Å². The summed E-state index contributed by atoms with van der Waals surface area (Å²) in [6, 6.07) is 24.3. The molecule has 0 unspecified atom stereocenters. The van der Waals surface area contributed by atoms with Gasteiger partial charge in [0.05, 0.1) is 29.9 Å². The van der Waals surface area contributed by atoms with E-state index in [1.165, 1.54) is 0 Å². The standard InChI is InChI=1S/C32H34N2O3/c1-4-5-18-37-24-15-11-14-23(19-24)30-29-26(20-32(2,3)21-28(29)35)33-25-16-9-10-17-27(25)34(30)31(36)22-12-7-6-8-13-22/h6-17,19,29-30H,4-5,18,20-21H2,1-3H3/t29-,30-/m1/s1. The van der Waals surface area contributed by atoms with Crippen LogP contribution in [0.4, 0.5) is 11.4 Å². The summed E-state index contributed by atoms with van der Waals surface area (Å²) >= 11 is 0. The molecule has 1 aliphatic carbocycles. The largest absolute Gasteiger partial charge is 0.494 e. The first-order valence-corrected chi connectivity index (χ1v) is 13.2. The van der Waals surface area contributed by atoms with Crippen molar-refractivity contribution < 1.29 is 14.3 Å². The number of para-hydroxylation sites is 2. The van der Waals surface area contributed by atoms with Crippen LogP contribution in [0.5, 0.6) is 5.75 Å². The van der Waals surface area contributed by atoms with Crippen molar-refractivity contribution in [2.75, 3.05) is 11.5 Å². The molecule has 0 saturated heterocycles. The summed E-state index contributed by atoms with van der Waals surface area (Å²) in [4.78, 5) is 35.0. The van der Waals surface area contributed by atoms with E-state index >= 15 is 0 Å². The maximum atomic E-state index is 14.2. The molecule has 1 saturated carbocycles. The minimum atomic E-state index is -0.534. The average Bonchev–Trinajstić information content (AvgIpc) is 3.03. The van der Waals surface area contributed by atoms with Gasteiger partial charge in [0.1, 0.15) is 11.5 Å². The number of nitrogens with zero attached hydrogens (tertiary/aromatic N) is 2. The van der Waals surface area contributed by atoms with E-state index in [0.29, 0.717) is 30.7 Å². The zero-order valence-electron chi connectivity index (χ0n) is 21.8. The zero-order valence-corrected chi connectivity index (χ0v) is 21.8. The molecule has 37 heavy (non-hydrogen) atoms. The number of ketones is 1. The molecular weight excluding hydrogens is 460 g/mol. The molecule has 5 heteroatoms. The van der Waals surface area contributed by atoms with E-state index in [2.05, 4.69) is 20.8 Å². The summed E-state index contributed by atoms with van der Waals surface area (Å²) < 4.78 is 6.04. The number of unbranched alkanes of at least 4 members (excludes halogenated alkanes) is 1. The third-order valence-corrected chi connectivity index (χ3v) is 7.22. The average molecular weight is 495 g/mol. The lowest BCUT2D eigenvalue weighted by Crippen LogP contribution is -2.47. The van der Waals surface area contributed by atoms with Gasteiger partial charge in [0.2, 0.25) is 0 Å². The Morgan fingerprint density at radius 2 is 1.76 bits per heavy atom. The van der Waals surface area contributed by atoms with Crippen molar-refractivity contribution in [3.63, 3.8) is 0 Å². The van der Waals surface area contributed by atoms with E-state index < -0.39 is 12.0 Å². The number of anilines is 1. The van der Waals surface area contributed by atoms with Crippen LogP contribution < -0.4 is 9.64 Å². The molecule has 2 aliphatic rings. The molecule has 5 nitrogen and oxygen atoms in total. The second-order valence-corrected chi connectivity index (χ2v) is 10.8. The van der Waals surface area contributed by atoms with E-state index in [4.69, 9.17) is 9.73 Å². The SMILES string of the molecule is CCCCOc1cccc([C@@H]2[C@H]3C(=O)CC(C)(C)CC3=Nc3ccccc3N2C(=O)c2ccccc2)c1. The van der Waals surface area contributed by atoms with Gasteiger partial charge >= 0.3 is 0 Å². The summed E-state index contributed by atoms with van der Waals surface area (Å²) in [5, 5.41) is 0. The van der Waals surface area contributed by atoms with Gasteiger partial charge in [-0.25, -0.2) is 0 Å². The summed E-state index contributed by atoms with van der Waals surface area (Å²) in [6.07, 6.45) is 3.16. The Bertz CT molecular complexity index is 1330. The monoisotopic (exact) mass is 494 g/mol. The highest BCUT2D eigenvalue weighted by Gasteiger charge is 2.48. The topological polar surface area (TPSA) is 59.0 Å². The molecule has 1 heterocycles. The van der Waals surface area contributed by atoms with Crippen LogP contribution in [0.25, 0.3) is 0 Å². The number of carbonyl (C=O) groups excluding carboxylic acids is 2. The van der Waals surface area contributed by atoms with Gasteiger partial charge in [0, 0.05) is 17.7 Å². The van der Waals surface area contributed by atoms with Crippen LogP contribution in [-0.4, -0.2) is 24.0 Å². The number of amides is 1. The number of hydrogen-bond donors (Lipinski definition) is 0. The molecule has 0 N–H and O–H groups in total. The Hall–Kier alpha value is -3.73. The highest BCUT2D eigenvalue weighted by atomic mass is 16.5. The molecule has 0 radical (unpaired) electrons. The minimum Gasteiger partial charge on any atom is -0.494 e. The van der Waals surface area contributed by atoms with Crippen molar-refractivity contribution in [3.05, 3.63) is 90.0 Å². The Balaban J connectivity index is 1.70. The fourth-order valence-electron chi connectivity index (χ4n) is 5.53. The molecule has 3 aromatic rings. The van der Waals surface area contributed by atoms with Crippen LogP contribution in [-0.2, 0) is 4.79 Å². The van der Waals surface area contributed by atoms with Crippen LogP contribution >= 0.6 is 0 Å². The molecule has 0 bridgehead atoms. The molecule has 1 amide bonds. The molecule has 5 rings (SSSR count). The fourth-order valence-corrected chi connectivity index (χ4v) is 5.53. The number of fused-ring (bicyclic) bond motifs is 2. The van der Waals surface area contributed by atoms with Gasteiger partial charge < -0.3 is 4.74 Å². The first-order chi connectivity index (χ1) is 17.9. The Kier molecular flexibility index (Phi) is 6.96. The number of aliphatic imine (C=N–C) groups is 1. The lowest BCUT2D eigenvalue weighted by Gasteiger charge is -2.41. The number of Topliss-reactive ketones (excluding diaryl/α,β-unsaturated/α-hetero) is 1. The molecule has 0 aromatic heterocycles. The van der Waals surface area contributed by atoms with Crippen molar-refractivity contribution in [3.8, 4) is 5.75 Å². The first kappa shape index (κ1) is 24.9. The predicted octanol–water partition coefficient (Wildman–Crippen LogP) is 7.35. The van der Waals surface area contributed by atoms with Crippen LogP contribution in [0.2, 0.25) is 0 Å². The van der Waals surface area contributed by atoms with Crippen molar-refractivity contribution in [2.24, 2.45) is 16.3 Å². The molecule has 2 atom stereocenters. The van der Waals surface area contributed by atoms with Gasteiger partial charge in [-0.2, -0.15) is 0 Å². The highest BCUT2D eigenvalue weighted by Crippen LogP contribution is 2.48. The van der Waals surface area contributed by atoms with Gasteiger partial charge in [0.15, 0.2) is 0 Å².